The van der Waals surface area contributed by atoms with Gasteiger partial charge in [0.05, 0.1) is 0 Å². The molecular weight excluding hydrogens is 361 g/mol. The highest BCUT2D eigenvalue weighted by atomic mass is 19.1. The molecule has 3 heterocycles. The number of hydrogen-bond acceptors (Lipinski definition) is 6. The van der Waals surface area contributed by atoms with E-state index in [0.29, 0.717) is 43.0 Å². The number of aryl methyl sites for hydroxylation is 1. The summed E-state index contributed by atoms with van der Waals surface area (Å²) in [6, 6.07) is 6.59. The normalized spacial score (nSPS) is 14.9. The molecule has 0 bridgehead atoms. The summed E-state index contributed by atoms with van der Waals surface area (Å²) in [7, 11) is 0. The SMILES string of the molecule is Cc1ccc(NC(=O)C2CCN(c3cc(-n4cncn4)ncn3)CC2)cc1F. The quantitative estimate of drug-likeness (QED) is 0.746. The van der Waals surface area contributed by atoms with E-state index in [0.717, 1.165) is 5.82 Å². The van der Waals surface area contributed by atoms with Crippen LogP contribution >= 0.6 is 0 Å². The molecule has 2 aromatic heterocycles. The van der Waals surface area contributed by atoms with Crippen LogP contribution < -0.4 is 10.2 Å². The van der Waals surface area contributed by atoms with Gasteiger partial charge in [0.2, 0.25) is 5.91 Å². The van der Waals surface area contributed by atoms with Gasteiger partial charge in [0.25, 0.3) is 0 Å². The molecule has 1 fully saturated rings. The van der Waals surface area contributed by atoms with Crippen molar-refractivity contribution < 1.29 is 9.18 Å². The molecular formula is C19H20FN7O. The van der Waals surface area contributed by atoms with Gasteiger partial charge in [-0.3, -0.25) is 4.79 Å². The number of carbonyl (C=O) groups excluding carboxylic acids is 1. The summed E-state index contributed by atoms with van der Waals surface area (Å²) in [5.41, 5.74) is 1.05. The van der Waals surface area contributed by atoms with Crippen molar-refractivity contribution in [1.82, 2.24) is 24.7 Å². The van der Waals surface area contributed by atoms with Crippen LogP contribution in [0.3, 0.4) is 0 Å². The average Bonchev–Trinajstić information content (AvgIpc) is 3.26. The highest BCUT2D eigenvalue weighted by molar-refractivity contribution is 5.92. The molecule has 1 aliphatic heterocycles. The molecule has 0 spiro atoms. The maximum absolute atomic E-state index is 13.7. The summed E-state index contributed by atoms with van der Waals surface area (Å²) >= 11 is 0. The van der Waals surface area contributed by atoms with Crippen molar-refractivity contribution >= 4 is 17.4 Å². The summed E-state index contributed by atoms with van der Waals surface area (Å²) < 4.78 is 15.2. The molecule has 8 nitrogen and oxygen atoms in total. The maximum atomic E-state index is 13.7. The van der Waals surface area contributed by atoms with Gasteiger partial charge in [-0.2, -0.15) is 5.10 Å². The number of aromatic nitrogens is 5. The first-order chi connectivity index (χ1) is 13.6. The van der Waals surface area contributed by atoms with Crippen molar-refractivity contribution in [1.29, 1.82) is 0 Å². The zero-order valence-electron chi connectivity index (χ0n) is 15.4. The van der Waals surface area contributed by atoms with Gasteiger partial charge in [-0.05, 0) is 37.5 Å². The minimum atomic E-state index is -0.320. The smallest absolute Gasteiger partial charge is 0.227 e. The third kappa shape index (κ3) is 3.83. The number of rotatable bonds is 4. The minimum Gasteiger partial charge on any atom is -0.356 e. The molecule has 1 N–H and O–H groups in total. The highest BCUT2D eigenvalue weighted by Crippen LogP contribution is 2.24. The Morgan fingerprint density at radius 1 is 1.14 bits per heavy atom. The van der Waals surface area contributed by atoms with Crippen LogP contribution in [0, 0.1) is 18.7 Å². The van der Waals surface area contributed by atoms with Gasteiger partial charge in [-0.15, -0.1) is 0 Å². The second-order valence-corrected chi connectivity index (χ2v) is 6.79. The number of piperidine rings is 1. The molecule has 4 rings (SSSR count). The Labute approximate surface area is 161 Å². The van der Waals surface area contributed by atoms with Crippen molar-refractivity contribution in [2.24, 2.45) is 5.92 Å². The first-order valence-corrected chi connectivity index (χ1v) is 9.09. The Morgan fingerprint density at radius 3 is 2.64 bits per heavy atom. The molecule has 9 heteroatoms. The van der Waals surface area contributed by atoms with Gasteiger partial charge in [-0.25, -0.2) is 24.0 Å². The van der Waals surface area contributed by atoms with E-state index in [2.05, 4.69) is 30.3 Å². The van der Waals surface area contributed by atoms with Crippen molar-refractivity contribution in [3.63, 3.8) is 0 Å². The van der Waals surface area contributed by atoms with E-state index >= 15 is 0 Å². The van der Waals surface area contributed by atoms with E-state index in [1.807, 2.05) is 6.07 Å². The maximum Gasteiger partial charge on any atom is 0.227 e. The number of benzene rings is 1. The second kappa shape index (κ2) is 7.71. The van der Waals surface area contributed by atoms with Gasteiger partial charge in [0.1, 0.15) is 30.6 Å². The predicted octanol–water partition coefficient (Wildman–Crippen LogP) is 2.36. The predicted molar refractivity (Wildman–Crippen MR) is 102 cm³/mol. The third-order valence-electron chi connectivity index (χ3n) is 4.92. The van der Waals surface area contributed by atoms with E-state index < -0.39 is 0 Å². The van der Waals surface area contributed by atoms with Crippen LogP contribution in [-0.4, -0.2) is 43.7 Å². The number of amides is 1. The Kier molecular flexibility index (Phi) is 4.96. The van der Waals surface area contributed by atoms with E-state index in [9.17, 15) is 9.18 Å². The number of anilines is 2. The summed E-state index contributed by atoms with van der Waals surface area (Å²) in [5.74, 6) is 0.925. The van der Waals surface area contributed by atoms with E-state index in [1.54, 1.807) is 30.1 Å². The monoisotopic (exact) mass is 381 g/mol. The van der Waals surface area contributed by atoms with Gasteiger partial charge in [-0.1, -0.05) is 6.07 Å². The summed E-state index contributed by atoms with van der Waals surface area (Å²) in [6.45, 7) is 3.10. The van der Waals surface area contributed by atoms with Gasteiger partial charge in [0, 0.05) is 30.8 Å². The van der Waals surface area contributed by atoms with Crippen LogP contribution in [0.15, 0.2) is 43.2 Å². The summed E-state index contributed by atoms with van der Waals surface area (Å²) in [6.07, 6.45) is 5.92. The van der Waals surface area contributed by atoms with Crippen molar-refractivity contribution in [3.05, 3.63) is 54.6 Å². The fraction of sp³-hybridized carbons (Fsp3) is 0.316. The van der Waals surface area contributed by atoms with E-state index in [1.165, 1.54) is 18.7 Å². The van der Waals surface area contributed by atoms with Crippen LogP contribution in [0.2, 0.25) is 0 Å². The number of halogens is 1. The topological polar surface area (TPSA) is 88.8 Å². The number of nitrogens with one attached hydrogen (secondary N) is 1. The minimum absolute atomic E-state index is 0.0751. The number of hydrogen-bond donors (Lipinski definition) is 1. The molecule has 0 radical (unpaired) electrons. The largest absolute Gasteiger partial charge is 0.356 e. The average molecular weight is 381 g/mol. The fourth-order valence-electron chi connectivity index (χ4n) is 3.25. The second-order valence-electron chi connectivity index (χ2n) is 6.79. The van der Waals surface area contributed by atoms with Crippen molar-refractivity contribution in [3.8, 4) is 5.82 Å². The molecule has 3 aromatic rings. The lowest BCUT2D eigenvalue weighted by Gasteiger charge is -2.32. The van der Waals surface area contributed by atoms with Crippen LogP contribution in [0.5, 0.6) is 0 Å². The van der Waals surface area contributed by atoms with Crippen LogP contribution in [0.4, 0.5) is 15.9 Å². The van der Waals surface area contributed by atoms with Gasteiger partial charge in [0.15, 0.2) is 5.82 Å². The Bertz CT molecular complexity index is 968. The molecule has 144 valence electrons. The first-order valence-electron chi connectivity index (χ1n) is 9.09. The molecule has 28 heavy (non-hydrogen) atoms. The Balaban J connectivity index is 1.37. The summed E-state index contributed by atoms with van der Waals surface area (Å²) in [5, 5.41) is 6.90. The third-order valence-corrected chi connectivity index (χ3v) is 4.92. The van der Waals surface area contributed by atoms with Crippen molar-refractivity contribution in [2.75, 3.05) is 23.3 Å². The van der Waals surface area contributed by atoms with Crippen molar-refractivity contribution in [2.45, 2.75) is 19.8 Å². The zero-order chi connectivity index (χ0) is 19.5. The first kappa shape index (κ1) is 18.0. The number of nitrogens with zero attached hydrogens (tertiary/aromatic N) is 6. The standard InChI is InChI=1S/C19H20FN7O/c1-13-2-3-15(8-16(13)20)25-19(28)14-4-6-26(7-5-14)17-9-18(23-11-22-17)27-12-21-10-24-27/h2-3,8-12,14H,4-7H2,1H3,(H,25,28). The lowest BCUT2D eigenvalue weighted by atomic mass is 9.95. The van der Waals surface area contributed by atoms with Gasteiger partial charge >= 0.3 is 0 Å². The van der Waals surface area contributed by atoms with Crippen LogP contribution in [0.1, 0.15) is 18.4 Å². The zero-order valence-corrected chi connectivity index (χ0v) is 15.4. The van der Waals surface area contributed by atoms with E-state index in [-0.39, 0.29) is 17.6 Å². The molecule has 0 aliphatic carbocycles. The fourth-order valence-corrected chi connectivity index (χ4v) is 3.25. The van der Waals surface area contributed by atoms with Crippen LogP contribution in [-0.2, 0) is 4.79 Å². The lowest BCUT2D eigenvalue weighted by molar-refractivity contribution is -0.120. The molecule has 0 atom stereocenters. The highest BCUT2D eigenvalue weighted by Gasteiger charge is 2.26. The molecule has 0 unspecified atom stereocenters. The molecule has 1 amide bonds. The van der Waals surface area contributed by atoms with E-state index in [4.69, 9.17) is 0 Å². The molecule has 1 aromatic carbocycles. The van der Waals surface area contributed by atoms with Crippen LogP contribution in [0.25, 0.3) is 5.82 Å². The molecule has 1 aliphatic rings. The molecule has 1 saturated heterocycles. The van der Waals surface area contributed by atoms with Gasteiger partial charge < -0.3 is 10.2 Å². The summed E-state index contributed by atoms with van der Waals surface area (Å²) in [4.78, 5) is 27.1. The number of carbonyl (C=O) groups is 1. The Morgan fingerprint density at radius 2 is 1.93 bits per heavy atom. The molecule has 0 saturated carbocycles. The lowest BCUT2D eigenvalue weighted by Crippen LogP contribution is -2.38. The Hall–Kier alpha value is -3.36.